The van der Waals surface area contributed by atoms with Gasteiger partial charge in [-0.05, 0) is 65.0 Å². The smallest absolute Gasteiger partial charge is 0.224 e. The number of hydrogen-bond acceptors (Lipinski definition) is 3. The summed E-state index contributed by atoms with van der Waals surface area (Å²) < 4.78 is 2.05. The first-order valence-corrected chi connectivity index (χ1v) is 10.1. The molecule has 1 atom stereocenters. The number of nitrogens with zero attached hydrogens (tertiary/aromatic N) is 3. The molecule has 1 aliphatic heterocycles. The predicted octanol–water partition coefficient (Wildman–Crippen LogP) is 2.83. The van der Waals surface area contributed by atoms with Gasteiger partial charge in [0, 0.05) is 31.4 Å². The highest BCUT2D eigenvalue weighted by Crippen LogP contribution is 2.28. The molecule has 0 spiro atoms. The number of likely N-dealkylation sites (tertiary alicyclic amines) is 1. The van der Waals surface area contributed by atoms with Crippen molar-refractivity contribution in [3.8, 4) is 0 Å². The summed E-state index contributed by atoms with van der Waals surface area (Å²) >= 11 is 0. The van der Waals surface area contributed by atoms with Crippen LogP contribution in [0.15, 0.2) is 0 Å². The van der Waals surface area contributed by atoms with Crippen molar-refractivity contribution >= 4 is 5.91 Å². The van der Waals surface area contributed by atoms with Crippen molar-refractivity contribution in [2.45, 2.75) is 78.3 Å². The third-order valence-corrected chi connectivity index (χ3v) is 6.17. The average Bonchev–Trinajstić information content (AvgIpc) is 3.25. The zero-order valence-electron chi connectivity index (χ0n) is 16.2. The molecule has 2 aliphatic rings. The molecule has 0 bridgehead atoms. The van der Waals surface area contributed by atoms with Gasteiger partial charge in [-0.1, -0.05) is 12.8 Å². The highest BCUT2D eigenvalue weighted by molar-refractivity contribution is 5.79. The maximum Gasteiger partial charge on any atom is 0.224 e. The molecule has 2 heterocycles. The number of hydrogen-bond donors (Lipinski definition) is 1. The Balaban J connectivity index is 1.48. The van der Waals surface area contributed by atoms with Crippen LogP contribution in [0.2, 0.25) is 0 Å². The van der Waals surface area contributed by atoms with E-state index in [4.69, 9.17) is 0 Å². The fourth-order valence-electron chi connectivity index (χ4n) is 4.68. The number of piperidine rings is 1. The second-order valence-corrected chi connectivity index (χ2v) is 7.78. The fourth-order valence-corrected chi connectivity index (χ4v) is 4.68. The Morgan fingerprint density at radius 1 is 1.20 bits per heavy atom. The summed E-state index contributed by atoms with van der Waals surface area (Å²) in [5, 5.41) is 7.76. The molecule has 0 radical (unpaired) electrons. The minimum absolute atomic E-state index is 0.176. The van der Waals surface area contributed by atoms with Crippen molar-refractivity contribution in [3.05, 3.63) is 17.0 Å². The second kappa shape index (κ2) is 8.35. The van der Waals surface area contributed by atoms with E-state index >= 15 is 0 Å². The number of rotatable bonds is 6. The zero-order chi connectivity index (χ0) is 17.8. The maximum absolute atomic E-state index is 12.6. The van der Waals surface area contributed by atoms with Crippen LogP contribution in [0.4, 0.5) is 0 Å². The Morgan fingerprint density at radius 2 is 1.96 bits per heavy atom. The molecule has 1 saturated heterocycles. The SMILES string of the molecule is CCn1nc(C)c(CCNC(=O)C2CCCN(C3CCCC3)C2)c1C. The van der Waals surface area contributed by atoms with Gasteiger partial charge in [-0.2, -0.15) is 5.10 Å². The summed E-state index contributed by atoms with van der Waals surface area (Å²) in [6, 6.07) is 0.737. The van der Waals surface area contributed by atoms with E-state index in [1.807, 2.05) is 4.68 Å². The number of amides is 1. The molecule has 0 aromatic carbocycles. The van der Waals surface area contributed by atoms with Gasteiger partial charge in [-0.25, -0.2) is 0 Å². The number of nitrogens with one attached hydrogen (secondary N) is 1. The first-order chi connectivity index (χ1) is 12.1. The Labute approximate surface area is 152 Å². The van der Waals surface area contributed by atoms with Crippen molar-refractivity contribution in [2.75, 3.05) is 19.6 Å². The molecule has 1 unspecified atom stereocenters. The van der Waals surface area contributed by atoms with Crippen LogP contribution in [0, 0.1) is 19.8 Å². The fraction of sp³-hybridized carbons (Fsp3) is 0.800. The number of carbonyl (C=O) groups excluding carboxylic acids is 1. The topological polar surface area (TPSA) is 50.2 Å². The molecule has 5 nitrogen and oxygen atoms in total. The minimum Gasteiger partial charge on any atom is -0.355 e. The lowest BCUT2D eigenvalue weighted by molar-refractivity contribution is -0.127. The van der Waals surface area contributed by atoms with Gasteiger partial charge in [-0.3, -0.25) is 14.4 Å². The molecular formula is C20H34N4O. The van der Waals surface area contributed by atoms with E-state index in [1.54, 1.807) is 0 Å². The first-order valence-electron chi connectivity index (χ1n) is 10.1. The van der Waals surface area contributed by atoms with Gasteiger partial charge in [0.1, 0.15) is 0 Å². The molecule has 1 aromatic rings. The lowest BCUT2D eigenvalue weighted by atomic mass is 9.95. The van der Waals surface area contributed by atoms with E-state index in [-0.39, 0.29) is 11.8 Å². The highest BCUT2D eigenvalue weighted by Gasteiger charge is 2.30. The summed E-state index contributed by atoms with van der Waals surface area (Å²) in [4.78, 5) is 15.2. The van der Waals surface area contributed by atoms with Crippen LogP contribution in [0.1, 0.15) is 62.4 Å². The van der Waals surface area contributed by atoms with E-state index in [0.29, 0.717) is 0 Å². The van der Waals surface area contributed by atoms with Crippen LogP contribution in [-0.2, 0) is 17.8 Å². The molecule has 1 amide bonds. The summed E-state index contributed by atoms with van der Waals surface area (Å²) in [6.07, 6.45) is 8.46. The van der Waals surface area contributed by atoms with Gasteiger partial charge in [-0.15, -0.1) is 0 Å². The zero-order valence-corrected chi connectivity index (χ0v) is 16.2. The van der Waals surface area contributed by atoms with Gasteiger partial charge in [0.05, 0.1) is 11.6 Å². The molecule has 1 aromatic heterocycles. The van der Waals surface area contributed by atoms with E-state index in [2.05, 4.69) is 36.1 Å². The molecule has 140 valence electrons. The van der Waals surface area contributed by atoms with Crippen LogP contribution in [0.25, 0.3) is 0 Å². The first kappa shape index (κ1) is 18.4. The third kappa shape index (κ3) is 4.25. The average molecular weight is 347 g/mol. The molecule has 5 heteroatoms. The molecule has 2 fully saturated rings. The Morgan fingerprint density at radius 3 is 2.64 bits per heavy atom. The predicted molar refractivity (Wildman–Crippen MR) is 101 cm³/mol. The van der Waals surface area contributed by atoms with Gasteiger partial charge >= 0.3 is 0 Å². The van der Waals surface area contributed by atoms with E-state index < -0.39 is 0 Å². The molecular weight excluding hydrogens is 312 g/mol. The van der Waals surface area contributed by atoms with Crippen LogP contribution in [0.3, 0.4) is 0 Å². The van der Waals surface area contributed by atoms with Crippen LogP contribution in [0.5, 0.6) is 0 Å². The van der Waals surface area contributed by atoms with Crippen molar-refractivity contribution in [1.82, 2.24) is 20.0 Å². The molecule has 3 rings (SSSR count). The maximum atomic E-state index is 12.6. The number of aromatic nitrogens is 2. The quantitative estimate of drug-likeness (QED) is 0.862. The van der Waals surface area contributed by atoms with Crippen molar-refractivity contribution in [1.29, 1.82) is 0 Å². The van der Waals surface area contributed by atoms with E-state index in [0.717, 1.165) is 50.6 Å². The number of carbonyl (C=O) groups is 1. The molecule has 1 saturated carbocycles. The Hall–Kier alpha value is -1.36. The van der Waals surface area contributed by atoms with Crippen LogP contribution >= 0.6 is 0 Å². The monoisotopic (exact) mass is 346 g/mol. The van der Waals surface area contributed by atoms with Crippen LogP contribution in [-0.4, -0.2) is 46.3 Å². The normalized spacial score (nSPS) is 22.4. The second-order valence-electron chi connectivity index (χ2n) is 7.78. The molecule has 1 N–H and O–H groups in total. The summed E-state index contributed by atoms with van der Waals surface area (Å²) in [5.74, 6) is 0.427. The van der Waals surface area contributed by atoms with Crippen molar-refractivity contribution in [2.24, 2.45) is 5.92 Å². The van der Waals surface area contributed by atoms with Crippen LogP contribution < -0.4 is 5.32 Å². The highest BCUT2D eigenvalue weighted by atomic mass is 16.1. The van der Waals surface area contributed by atoms with Crippen molar-refractivity contribution < 1.29 is 4.79 Å². The largest absolute Gasteiger partial charge is 0.355 e. The minimum atomic E-state index is 0.176. The molecule has 1 aliphatic carbocycles. The van der Waals surface area contributed by atoms with E-state index in [9.17, 15) is 4.79 Å². The van der Waals surface area contributed by atoms with E-state index in [1.165, 1.54) is 43.5 Å². The van der Waals surface area contributed by atoms with Gasteiger partial charge < -0.3 is 5.32 Å². The van der Waals surface area contributed by atoms with Gasteiger partial charge in [0.2, 0.25) is 5.91 Å². The summed E-state index contributed by atoms with van der Waals surface area (Å²) in [6.45, 7) is 10.1. The molecule has 25 heavy (non-hydrogen) atoms. The van der Waals surface area contributed by atoms with Crippen molar-refractivity contribution in [3.63, 3.8) is 0 Å². The summed E-state index contributed by atoms with van der Waals surface area (Å²) in [7, 11) is 0. The standard InChI is InChI=1S/C20H34N4O/c1-4-24-16(3)19(15(2)22-24)11-12-21-20(25)17-8-7-13-23(14-17)18-9-5-6-10-18/h17-18H,4-14H2,1-3H3,(H,21,25). The third-order valence-electron chi connectivity index (χ3n) is 6.17. The lowest BCUT2D eigenvalue weighted by Crippen LogP contribution is -2.46. The van der Waals surface area contributed by atoms with Gasteiger partial charge in [0.25, 0.3) is 0 Å². The number of aryl methyl sites for hydroxylation is 2. The summed E-state index contributed by atoms with van der Waals surface area (Å²) in [5.41, 5.74) is 3.62. The Bertz CT molecular complexity index is 589. The Kier molecular flexibility index (Phi) is 6.15. The lowest BCUT2D eigenvalue weighted by Gasteiger charge is -2.36. The van der Waals surface area contributed by atoms with Gasteiger partial charge in [0.15, 0.2) is 0 Å².